The van der Waals surface area contributed by atoms with Crippen LogP contribution in [0.15, 0.2) is 24.3 Å². The summed E-state index contributed by atoms with van der Waals surface area (Å²) < 4.78 is 10.9. The number of benzene rings is 1. The summed E-state index contributed by atoms with van der Waals surface area (Å²) in [6, 6.07) is 6.48. The Bertz CT molecular complexity index is 407. The molecule has 0 saturated carbocycles. The fourth-order valence-corrected chi connectivity index (χ4v) is 1.55. The first-order chi connectivity index (χ1) is 9.59. The van der Waals surface area contributed by atoms with Gasteiger partial charge >= 0.3 is 5.97 Å². The summed E-state index contributed by atoms with van der Waals surface area (Å²) >= 11 is 0. The number of carboxylic acids is 1. The molecule has 0 aromatic heterocycles. The normalized spacial score (nSPS) is 10.8. The zero-order valence-corrected chi connectivity index (χ0v) is 12.1. The van der Waals surface area contributed by atoms with Crippen molar-refractivity contribution in [3.05, 3.63) is 29.8 Å². The SMILES string of the molecule is CC(C)COCCNCCOc1cccc(C(=O)O)c1. The highest BCUT2D eigenvalue weighted by atomic mass is 16.5. The molecular weight excluding hydrogens is 258 g/mol. The molecule has 5 heteroatoms. The lowest BCUT2D eigenvalue weighted by atomic mass is 10.2. The van der Waals surface area contributed by atoms with E-state index in [1.165, 1.54) is 6.07 Å². The molecule has 0 radical (unpaired) electrons. The molecule has 0 amide bonds. The van der Waals surface area contributed by atoms with Crippen LogP contribution in [-0.4, -0.2) is 44.0 Å². The largest absolute Gasteiger partial charge is 0.492 e. The summed E-state index contributed by atoms with van der Waals surface area (Å²) in [5.41, 5.74) is 0.234. The van der Waals surface area contributed by atoms with E-state index in [-0.39, 0.29) is 5.56 Å². The lowest BCUT2D eigenvalue weighted by Gasteiger charge is -2.09. The Kier molecular flexibility index (Phi) is 7.69. The van der Waals surface area contributed by atoms with Crippen LogP contribution >= 0.6 is 0 Å². The highest BCUT2D eigenvalue weighted by Gasteiger charge is 2.03. The Morgan fingerprint density at radius 3 is 2.75 bits per heavy atom. The number of aromatic carboxylic acids is 1. The fraction of sp³-hybridized carbons (Fsp3) is 0.533. The van der Waals surface area contributed by atoms with Crippen molar-refractivity contribution in [1.29, 1.82) is 0 Å². The summed E-state index contributed by atoms with van der Waals surface area (Å²) in [4.78, 5) is 10.8. The van der Waals surface area contributed by atoms with Gasteiger partial charge in [-0.3, -0.25) is 0 Å². The van der Waals surface area contributed by atoms with Gasteiger partial charge in [0.1, 0.15) is 12.4 Å². The quantitative estimate of drug-likeness (QED) is 0.642. The molecule has 0 unspecified atom stereocenters. The van der Waals surface area contributed by atoms with Crippen molar-refractivity contribution in [2.45, 2.75) is 13.8 Å². The highest BCUT2D eigenvalue weighted by Crippen LogP contribution is 2.12. The number of carboxylic acid groups (broad SMARTS) is 1. The molecule has 0 heterocycles. The van der Waals surface area contributed by atoms with Gasteiger partial charge in [-0.1, -0.05) is 19.9 Å². The molecule has 0 atom stereocenters. The van der Waals surface area contributed by atoms with E-state index < -0.39 is 5.97 Å². The molecule has 1 aromatic carbocycles. The molecule has 0 aliphatic carbocycles. The maximum atomic E-state index is 10.8. The molecule has 0 aliphatic heterocycles. The summed E-state index contributed by atoms with van der Waals surface area (Å²) in [7, 11) is 0. The van der Waals surface area contributed by atoms with Crippen molar-refractivity contribution in [2.24, 2.45) is 5.92 Å². The summed E-state index contributed by atoms with van der Waals surface area (Å²) in [5, 5.41) is 12.1. The second-order valence-electron chi connectivity index (χ2n) is 4.90. The first-order valence-electron chi connectivity index (χ1n) is 6.84. The van der Waals surface area contributed by atoms with Crippen molar-refractivity contribution >= 4 is 5.97 Å². The molecule has 112 valence electrons. The molecule has 5 nitrogen and oxygen atoms in total. The smallest absolute Gasteiger partial charge is 0.335 e. The molecule has 0 spiro atoms. The molecular formula is C15H23NO4. The van der Waals surface area contributed by atoms with Crippen molar-refractivity contribution in [3.8, 4) is 5.75 Å². The van der Waals surface area contributed by atoms with Gasteiger partial charge < -0.3 is 19.9 Å². The first-order valence-corrected chi connectivity index (χ1v) is 6.84. The van der Waals surface area contributed by atoms with Crippen LogP contribution < -0.4 is 10.1 Å². The van der Waals surface area contributed by atoms with E-state index in [0.29, 0.717) is 31.4 Å². The van der Waals surface area contributed by atoms with Crippen molar-refractivity contribution in [2.75, 3.05) is 32.9 Å². The van der Waals surface area contributed by atoms with Crippen LogP contribution in [0, 0.1) is 5.92 Å². The van der Waals surface area contributed by atoms with Gasteiger partial charge in [-0.25, -0.2) is 4.79 Å². The van der Waals surface area contributed by atoms with Gasteiger partial charge in [0.2, 0.25) is 0 Å². The molecule has 0 aliphatic rings. The predicted molar refractivity (Wildman–Crippen MR) is 77.4 cm³/mol. The zero-order chi connectivity index (χ0) is 14.8. The van der Waals surface area contributed by atoms with Gasteiger partial charge in [0.15, 0.2) is 0 Å². The third-order valence-corrected chi connectivity index (χ3v) is 2.50. The Balaban J connectivity index is 2.09. The lowest BCUT2D eigenvalue weighted by molar-refractivity contribution is 0.0696. The Morgan fingerprint density at radius 1 is 1.30 bits per heavy atom. The number of hydrogen-bond donors (Lipinski definition) is 2. The highest BCUT2D eigenvalue weighted by molar-refractivity contribution is 5.87. The fourth-order valence-electron chi connectivity index (χ4n) is 1.55. The number of rotatable bonds is 10. The Morgan fingerprint density at radius 2 is 2.05 bits per heavy atom. The number of carbonyl (C=O) groups is 1. The van der Waals surface area contributed by atoms with Gasteiger partial charge in [-0.05, 0) is 24.1 Å². The third kappa shape index (κ3) is 7.11. The van der Waals surface area contributed by atoms with E-state index in [9.17, 15) is 4.79 Å². The summed E-state index contributed by atoms with van der Waals surface area (Å²) in [6.07, 6.45) is 0. The zero-order valence-electron chi connectivity index (χ0n) is 12.1. The van der Waals surface area contributed by atoms with E-state index in [1.807, 2.05) is 0 Å². The van der Waals surface area contributed by atoms with Gasteiger partial charge in [0, 0.05) is 19.7 Å². The second-order valence-corrected chi connectivity index (χ2v) is 4.90. The Labute approximate surface area is 119 Å². The average Bonchev–Trinajstić information content (AvgIpc) is 2.41. The van der Waals surface area contributed by atoms with E-state index in [2.05, 4.69) is 19.2 Å². The van der Waals surface area contributed by atoms with Crippen LogP contribution in [0.25, 0.3) is 0 Å². The van der Waals surface area contributed by atoms with Crippen molar-refractivity contribution < 1.29 is 19.4 Å². The molecule has 20 heavy (non-hydrogen) atoms. The van der Waals surface area contributed by atoms with E-state index in [1.54, 1.807) is 18.2 Å². The molecule has 1 aromatic rings. The molecule has 0 fully saturated rings. The van der Waals surface area contributed by atoms with Gasteiger partial charge in [-0.2, -0.15) is 0 Å². The predicted octanol–water partition coefficient (Wildman–Crippen LogP) is 2.03. The van der Waals surface area contributed by atoms with Crippen LogP contribution in [0.5, 0.6) is 5.75 Å². The molecule has 2 N–H and O–H groups in total. The maximum absolute atomic E-state index is 10.8. The van der Waals surface area contributed by atoms with E-state index in [0.717, 1.165) is 13.2 Å². The van der Waals surface area contributed by atoms with Crippen molar-refractivity contribution in [3.63, 3.8) is 0 Å². The number of nitrogens with one attached hydrogen (secondary N) is 1. The van der Waals surface area contributed by atoms with Crippen LogP contribution in [-0.2, 0) is 4.74 Å². The second kappa shape index (κ2) is 9.34. The summed E-state index contributed by atoms with van der Waals surface area (Å²) in [6.45, 7) is 7.67. The van der Waals surface area contributed by atoms with Crippen molar-refractivity contribution in [1.82, 2.24) is 5.32 Å². The number of hydrogen-bond acceptors (Lipinski definition) is 4. The molecule has 0 saturated heterocycles. The van der Waals surface area contributed by atoms with E-state index >= 15 is 0 Å². The summed E-state index contributed by atoms with van der Waals surface area (Å²) in [5.74, 6) is 0.179. The third-order valence-electron chi connectivity index (χ3n) is 2.50. The lowest BCUT2D eigenvalue weighted by Crippen LogP contribution is -2.25. The average molecular weight is 281 g/mol. The van der Waals surface area contributed by atoms with Gasteiger partial charge in [0.25, 0.3) is 0 Å². The maximum Gasteiger partial charge on any atom is 0.335 e. The monoisotopic (exact) mass is 281 g/mol. The Hall–Kier alpha value is -1.59. The first kappa shape index (κ1) is 16.5. The topological polar surface area (TPSA) is 67.8 Å². The van der Waals surface area contributed by atoms with Gasteiger partial charge in [-0.15, -0.1) is 0 Å². The minimum Gasteiger partial charge on any atom is -0.492 e. The standard InChI is InChI=1S/C15H23NO4/c1-12(2)11-19-8-6-16-7-9-20-14-5-3-4-13(10-14)15(17)18/h3-5,10,12,16H,6-9,11H2,1-2H3,(H,17,18). The van der Waals surface area contributed by atoms with Crippen LogP contribution in [0.3, 0.4) is 0 Å². The number of ether oxygens (including phenoxy) is 2. The van der Waals surface area contributed by atoms with E-state index in [4.69, 9.17) is 14.6 Å². The van der Waals surface area contributed by atoms with Gasteiger partial charge in [0.05, 0.1) is 12.2 Å². The molecule has 0 bridgehead atoms. The molecule has 1 rings (SSSR count). The van der Waals surface area contributed by atoms with Crippen LogP contribution in [0.4, 0.5) is 0 Å². The van der Waals surface area contributed by atoms with Crippen LogP contribution in [0.2, 0.25) is 0 Å². The van der Waals surface area contributed by atoms with Crippen LogP contribution in [0.1, 0.15) is 24.2 Å². The minimum atomic E-state index is -0.948. The minimum absolute atomic E-state index is 0.234.